The van der Waals surface area contributed by atoms with E-state index < -0.39 is 78.5 Å². The number of halogens is 6. The zero-order valence-electron chi connectivity index (χ0n) is 15.0. The molecule has 1 fully saturated rings. The van der Waals surface area contributed by atoms with Crippen LogP contribution in [0.5, 0.6) is 5.88 Å². The molecule has 0 bridgehead atoms. The lowest BCUT2D eigenvalue weighted by atomic mass is 10.1. The maximum Gasteiger partial charge on any atom is 0.416 e. The fraction of sp³-hybridized carbons (Fsp3) is 0.643. The molecule has 1 aliphatic heterocycles. The predicted molar refractivity (Wildman–Crippen MR) is 85.4 cm³/mol. The number of hydrogen-bond acceptors (Lipinski definition) is 8. The molecule has 0 spiro atoms. The topological polar surface area (TPSA) is 138 Å². The minimum Gasteiger partial charge on any atom is -0.479 e. The SMILES string of the molecule is COc1nc(N)nc2c1n(CC(F)(F)F)c(=O)n2[C@@H]1O[C@H]([C@@H](O)C(F)(F)F)C[C@H]1O. The third-order valence-corrected chi connectivity index (χ3v) is 4.38. The minimum absolute atomic E-state index is 0.178. The molecule has 0 unspecified atom stereocenters. The maximum atomic E-state index is 13.0. The smallest absolute Gasteiger partial charge is 0.416 e. The van der Waals surface area contributed by atoms with E-state index in [1.165, 1.54) is 0 Å². The first-order chi connectivity index (χ1) is 13.7. The molecular formula is C14H15F6N5O5. The molecule has 0 saturated carbocycles. The number of aliphatic hydroxyl groups is 2. The van der Waals surface area contributed by atoms with Crippen molar-refractivity contribution in [3.8, 4) is 5.88 Å². The largest absolute Gasteiger partial charge is 0.479 e. The van der Waals surface area contributed by atoms with E-state index in [9.17, 15) is 41.4 Å². The number of rotatable bonds is 4. The Morgan fingerprint density at radius 1 is 1.30 bits per heavy atom. The van der Waals surface area contributed by atoms with Crippen molar-refractivity contribution in [1.29, 1.82) is 0 Å². The minimum atomic E-state index is -5.09. The molecule has 0 amide bonds. The molecule has 168 valence electrons. The summed E-state index contributed by atoms with van der Waals surface area (Å²) in [6.45, 7) is -1.81. The fourth-order valence-corrected chi connectivity index (χ4v) is 3.18. The van der Waals surface area contributed by atoms with Gasteiger partial charge in [0, 0.05) is 6.42 Å². The number of anilines is 1. The summed E-state index contributed by atoms with van der Waals surface area (Å²) in [5.74, 6) is -1.02. The maximum absolute atomic E-state index is 13.0. The van der Waals surface area contributed by atoms with Crippen molar-refractivity contribution in [2.24, 2.45) is 0 Å². The molecule has 1 saturated heterocycles. The number of aliphatic hydroxyl groups excluding tert-OH is 2. The van der Waals surface area contributed by atoms with Crippen molar-refractivity contribution in [2.45, 2.75) is 49.9 Å². The van der Waals surface area contributed by atoms with Crippen molar-refractivity contribution in [3.63, 3.8) is 0 Å². The van der Waals surface area contributed by atoms with Gasteiger partial charge >= 0.3 is 18.0 Å². The first kappa shape index (κ1) is 22.1. The third kappa shape index (κ3) is 3.89. The number of imidazole rings is 1. The molecule has 4 N–H and O–H groups in total. The van der Waals surface area contributed by atoms with Crippen LogP contribution in [-0.2, 0) is 11.3 Å². The Kier molecular flexibility index (Phi) is 5.36. The molecule has 3 rings (SSSR count). The number of ether oxygens (including phenoxy) is 2. The lowest BCUT2D eigenvalue weighted by molar-refractivity contribution is -0.237. The summed E-state index contributed by atoms with van der Waals surface area (Å²) in [6, 6.07) is 0. The third-order valence-electron chi connectivity index (χ3n) is 4.38. The molecule has 0 radical (unpaired) electrons. The number of hydrogen-bond donors (Lipinski definition) is 3. The second-order valence-corrected chi connectivity index (χ2v) is 6.47. The number of nitrogens with two attached hydrogens (primary N) is 1. The van der Waals surface area contributed by atoms with Crippen molar-refractivity contribution < 1.29 is 46.0 Å². The predicted octanol–water partition coefficient (Wildman–Crippen LogP) is 0.318. The summed E-state index contributed by atoms with van der Waals surface area (Å²) in [4.78, 5) is 20.0. The van der Waals surface area contributed by atoms with E-state index in [1.54, 1.807) is 0 Å². The average Bonchev–Trinajstić information content (AvgIpc) is 3.09. The first-order valence-electron chi connectivity index (χ1n) is 8.22. The number of fused-ring (bicyclic) bond motifs is 1. The number of aromatic nitrogens is 4. The molecule has 1 aliphatic rings. The lowest BCUT2D eigenvalue weighted by Crippen LogP contribution is -2.40. The van der Waals surface area contributed by atoms with Gasteiger partial charge in [-0.05, 0) is 0 Å². The van der Waals surface area contributed by atoms with Crippen LogP contribution in [0.25, 0.3) is 11.2 Å². The van der Waals surface area contributed by atoms with E-state index in [0.29, 0.717) is 4.57 Å². The van der Waals surface area contributed by atoms with E-state index in [1.807, 2.05) is 0 Å². The van der Waals surface area contributed by atoms with Crippen LogP contribution < -0.4 is 16.2 Å². The monoisotopic (exact) mass is 447 g/mol. The van der Waals surface area contributed by atoms with Gasteiger partial charge in [0.25, 0.3) is 0 Å². The van der Waals surface area contributed by atoms with Crippen molar-refractivity contribution >= 4 is 17.1 Å². The summed E-state index contributed by atoms with van der Waals surface area (Å²) < 4.78 is 87.8. The van der Waals surface area contributed by atoms with Gasteiger partial charge in [0.1, 0.15) is 12.6 Å². The molecule has 2 aromatic rings. The molecule has 16 heteroatoms. The quantitative estimate of drug-likeness (QED) is 0.570. The van der Waals surface area contributed by atoms with Gasteiger partial charge in [0.15, 0.2) is 23.5 Å². The Morgan fingerprint density at radius 2 is 1.93 bits per heavy atom. The molecule has 4 atom stereocenters. The molecule has 0 aliphatic carbocycles. The zero-order chi connectivity index (χ0) is 22.6. The van der Waals surface area contributed by atoms with E-state index in [0.717, 1.165) is 7.11 Å². The summed E-state index contributed by atoms with van der Waals surface area (Å²) >= 11 is 0. The van der Waals surface area contributed by atoms with Crippen LogP contribution >= 0.6 is 0 Å². The Balaban J connectivity index is 2.18. The number of methoxy groups -OCH3 is 1. The van der Waals surface area contributed by atoms with E-state index in [-0.39, 0.29) is 4.57 Å². The molecule has 2 aromatic heterocycles. The van der Waals surface area contributed by atoms with E-state index in [4.69, 9.17) is 15.2 Å². The van der Waals surface area contributed by atoms with Gasteiger partial charge in [-0.3, -0.25) is 4.57 Å². The first-order valence-corrected chi connectivity index (χ1v) is 8.22. The van der Waals surface area contributed by atoms with Crippen molar-refractivity contribution in [1.82, 2.24) is 19.1 Å². The highest BCUT2D eigenvalue weighted by Gasteiger charge is 2.50. The van der Waals surface area contributed by atoms with Crippen molar-refractivity contribution in [3.05, 3.63) is 10.5 Å². The van der Waals surface area contributed by atoms with Crippen LogP contribution in [0.3, 0.4) is 0 Å². The van der Waals surface area contributed by atoms with Gasteiger partial charge in [-0.25, -0.2) is 9.36 Å². The number of nitrogen functional groups attached to an aromatic ring is 1. The summed E-state index contributed by atoms with van der Waals surface area (Å²) in [5, 5.41) is 19.5. The summed E-state index contributed by atoms with van der Waals surface area (Å²) in [5.41, 5.74) is 2.96. The van der Waals surface area contributed by atoms with Gasteiger partial charge in [0.05, 0.1) is 13.2 Å². The molecule has 10 nitrogen and oxygen atoms in total. The Morgan fingerprint density at radius 3 is 2.47 bits per heavy atom. The lowest BCUT2D eigenvalue weighted by Gasteiger charge is -2.21. The van der Waals surface area contributed by atoms with Gasteiger partial charge in [-0.1, -0.05) is 0 Å². The Labute approximate surface area is 162 Å². The van der Waals surface area contributed by atoms with Crippen LogP contribution in [0.4, 0.5) is 32.3 Å². The molecular weight excluding hydrogens is 432 g/mol. The van der Waals surface area contributed by atoms with Gasteiger partial charge in [-0.2, -0.15) is 36.3 Å². The second-order valence-electron chi connectivity index (χ2n) is 6.47. The van der Waals surface area contributed by atoms with Gasteiger partial charge < -0.3 is 25.4 Å². The zero-order valence-corrected chi connectivity index (χ0v) is 15.0. The summed E-state index contributed by atoms with van der Waals surface area (Å²) in [7, 11) is 1.04. The average molecular weight is 447 g/mol. The van der Waals surface area contributed by atoms with E-state index in [2.05, 4.69) is 9.97 Å². The van der Waals surface area contributed by atoms with Crippen LogP contribution in [0.1, 0.15) is 12.6 Å². The van der Waals surface area contributed by atoms with Gasteiger partial charge in [-0.15, -0.1) is 0 Å². The second kappa shape index (κ2) is 7.28. The number of alkyl halides is 6. The van der Waals surface area contributed by atoms with E-state index >= 15 is 0 Å². The van der Waals surface area contributed by atoms with Crippen LogP contribution in [0, 0.1) is 0 Å². The highest BCUT2D eigenvalue weighted by Crippen LogP contribution is 2.37. The number of nitrogens with zero attached hydrogens (tertiary/aromatic N) is 4. The Hall–Kier alpha value is -2.59. The van der Waals surface area contributed by atoms with Crippen LogP contribution in [-0.4, -0.2) is 67.1 Å². The molecule has 0 aromatic carbocycles. The van der Waals surface area contributed by atoms with Crippen LogP contribution in [0.15, 0.2) is 4.79 Å². The fourth-order valence-electron chi connectivity index (χ4n) is 3.18. The Bertz CT molecular complexity index is 1000. The molecule has 30 heavy (non-hydrogen) atoms. The highest BCUT2D eigenvalue weighted by atomic mass is 19.4. The molecule has 3 heterocycles. The summed E-state index contributed by atoms with van der Waals surface area (Å²) in [6.07, 6.45) is -19.3. The normalized spacial score (nSPS) is 23.8. The highest BCUT2D eigenvalue weighted by molar-refractivity contribution is 5.78. The van der Waals surface area contributed by atoms with Gasteiger partial charge in [0.2, 0.25) is 11.8 Å². The van der Waals surface area contributed by atoms with Crippen LogP contribution in [0.2, 0.25) is 0 Å². The van der Waals surface area contributed by atoms with Crippen molar-refractivity contribution in [2.75, 3.05) is 12.8 Å². The standard InChI is InChI=1S/C14H15F6N5O5/c1-29-9-6-8(22-11(21)23-9)25(12(28)24(6)3-13(15,16)17)10-4(26)2-5(30-10)7(27)14(18,19)20/h4-5,7,10,26-27H,2-3H2,1H3,(H2,21,22,23)/t4-,5+,7-,10-/m1/s1.